The number of rotatable bonds is 14. The summed E-state index contributed by atoms with van der Waals surface area (Å²) in [7, 11) is -2.03. The summed E-state index contributed by atoms with van der Waals surface area (Å²) in [5.41, 5.74) is 0.670. The van der Waals surface area contributed by atoms with Gasteiger partial charge in [-0.05, 0) is 80.5 Å². The predicted molar refractivity (Wildman–Crippen MR) is 131 cm³/mol. The van der Waals surface area contributed by atoms with Crippen LogP contribution in [0.15, 0.2) is 48.5 Å². The molecule has 0 heterocycles. The fourth-order valence-corrected chi connectivity index (χ4v) is 7.09. The highest BCUT2D eigenvalue weighted by Crippen LogP contribution is 2.16. The molecule has 0 spiro atoms. The number of hydrogen-bond donors (Lipinski definition) is 1. The first-order valence-corrected chi connectivity index (χ1v) is 17.5. The van der Waals surface area contributed by atoms with Gasteiger partial charge >= 0.3 is 21.2 Å². The highest BCUT2D eigenvalue weighted by molar-refractivity contribution is 8.13. The third-order valence-electron chi connectivity index (χ3n) is 4.72. The van der Waals surface area contributed by atoms with Gasteiger partial charge in [0, 0.05) is 24.2 Å². The monoisotopic (exact) mass is 585 g/mol. The van der Waals surface area contributed by atoms with Gasteiger partial charge in [-0.25, -0.2) is 0 Å². The summed E-state index contributed by atoms with van der Waals surface area (Å²) in [5.74, 6) is 1.65. The minimum atomic E-state index is -2.03. The SMILES string of the molecule is CCCCOc1ccc([I+]c2ccc(C(=O)CCC(=O)SCCC[Si](C)(C)O)cc2)cc1. The van der Waals surface area contributed by atoms with E-state index in [1.165, 1.54) is 18.9 Å². The molecule has 2 rings (SSSR count). The molecular weight excluding hydrogens is 551 g/mol. The van der Waals surface area contributed by atoms with E-state index >= 15 is 0 Å². The van der Waals surface area contributed by atoms with Crippen LogP contribution in [0.3, 0.4) is 0 Å². The lowest BCUT2D eigenvalue weighted by Gasteiger charge is -2.12. The smallest absolute Gasteiger partial charge is 0.357 e. The largest absolute Gasteiger partial charge is 0.494 e. The van der Waals surface area contributed by atoms with Crippen molar-refractivity contribution in [2.24, 2.45) is 0 Å². The summed E-state index contributed by atoms with van der Waals surface area (Å²) < 4.78 is 8.27. The van der Waals surface area contributed by atoms with E-state index in [1.54, 1.807) is 0 Å². The van der Waals surface area contributed by atoms with Gasteiger partial charge in [0.05, 0.1) is 6.61 Å². The molecule has 0 aliphatic rings. The molecule has 0 saturated heterocycles. The maximum absolute atomic E-state index is 12.4. The molecule has 2 aromatic rings. The molecule has 2 aromatic carbocycles. The van der Waals surface area contributed by atoms with Gasteiger partial charge in [-0.1, -0.05) is 25.1 Å². The zero-order valence-corrected chi connectivity index (χ0v) is 23.2. The van der Waals surface area contributed by atoms with Crippen molar-refractivity contribution in [3.8, 4) is 5.75 Å². The number of benzene rings is 2. The summed E-state index contributed by atoms with van der Waals surface area (Å²) in [6, 6.07) is 16.9. The second kappa shape index (κ2) is 14.2. The number of thioether (sulfide) groups is 1. The first-order chi connectivity index (χ1) is 15.3. The third kappa shape index (κ3) is 11.1. The quantitative estimate of drug-likeness (QED) is 0.160. The summed E-state index contributed by atoms with van der Waals surface area (Å²) in [6.07, 6.45) is 3.56. The van der Waals surface area contributed by atoms with E-state index in [-0.39, 0.29) is 44.9 Å². The van der Waals surface area contributed by atoms with E-state index < -0.39 is 8.32 Å². The number of hydrogen-bond acceptors (Lipinski definition) is 5. The van der Waals surface area contributed by atoms with Crippen molar-refractivity contribution in [1.29, 1.82) is 0 Å². The molecular formula is C25H34IO4SSi+. The number of Topliss-reactive ketones (excluding diaryl/α,β-unsaturated/α-hetero) is 1. The lowest BCUT2D eigenvalue weighted by atomic mass is 10.1. The summed E-state index contributed by atoms with van der Waals surface area (Å²) >= 11 is 0.970. The van der Waals surface area contributed by atoms with Crippen LogP contribution in [0.25, 0.3) is 0 Å². The first-order valence-electron chi connectivity index (χ1n) is 11.2. The maximum Gasteiger partial charge on any atom is 0.357 e. The van der Waals surface area contributed by atoms with Crippen LogP contribution in [-0.4, -0.2) is 36.4 Å². The van der Waals surface area contributed by atoms with Crippen LogP contribution in [0.5, 0.6) is 5.75 Å². The van der Waals surface area contributed by atoms with Gasteiger partial charge in [0.15, 0.2) is 26.4 Å². The van der Waals surface area contributed by atoms with Crippen molar-refractivity contribution in [3.05, 3.63) is 61.2 Å². The maximum atomic E-state index is 12.4. The third-order valence-corrected chi connectivity index (χ3v) is 10.00. The van der Waals surface area contributed by atoms with Gasteiger partial charge in [0.1, 0.15) is 5.75 Å². The molecule has 0 atom stereocenters. The van der Waals surface area contributed by atoms with E-state index in [9.17, 15) is 14.4 Å². The molecule has 0 aliphatic carbocycles. The van der Waals surface area contributed by atoms with Crippen molar-refractivity contribution in [1.82, 2.24) is 0 Å². The summed E-state index contributed by atoms with van der Waals surface area (Å²) in [6.45, 7) is 6.73. The van der Waals surface area contributed by atoms with Crippen LogP contribution in [0.4, 0.5) is 0 Å². The number of carbonyl (C=O) groups excluding carboxylic acids is 2. The van der Waals surface area contributed by atoms with Crippen LogP contribution in [0.2, 0.25) is 19.1 Å². The summed E-state index contributed by atoms with van der Waals surface area (Å²) in [5, 5.41) is 0.0559. The molecule has 0 unspecified atom stereocenters. The fourth-order valence-electron chi connectivity index (χ4n) is 2.88. The number of unbranched alkanes of at least 4 members (excludes halogenated alkanes) is 1. The van der Waals surface area contributed by atoms with Crippen molar-refractivity contribution >= 4 is 31.0 Å². The highest BCUT2D eigenvalue weighted by atomic mass is 127. The van der Waals surface area contributed by atoms with E-state index in [2.05, 4.69) is 19.1 Å². The Bertz CT molecular complexity index is 848. The Morgan fingerprint density at radius 1 is 0.969 bits per heavy atom. The molecule has 0 aromatic heterocycles. The van der Waals surface area contributed by atoms with Gasteiger partial charge in [-0.15, -0.1) is 0 Å². The summed E-state index contributed by atoms with van der Waals surface area (Å²) in [4.78, 5) is 34.3. The average molecular weight is 586 g/mol. The topological polar surface area (TPSA) is 63.6 Å². The van der Waals surface area contributed by atoms with Gasteiger partial charge in [-0.2, -0.15) is 0 Å². The van der Waals surface area contributed by atoms with E-state index in [4.69, 9.17) is 4.74 Å². The standard InChI is InChI=1S/C25H34IO4SSi/c1-4-5-17-30-23-13-11-22(12-14-23)26-21-9-7-20(8-10-21)24(27)15-16-25(28)31-18-6-19-32(2,3)29/h7-14,29H,4-6,15-19H2,1-3H3/q+1. The Hall–Kier alpha value is -1.16. The van der Waals surface area contributed by atoms with Gasteiger partial charge in [0.25, 0.3) is 0 Å². The second-order valence-corrected chi connectivity index (χ2v) is 16.6. The zero-order valence-electron chi connectivity index (χ0n) is 19.2. The lowest BCUT2D eigenvalue weighted by Crippen LogP contribution is -3.61. The minimum Gasteiger partial charge on any atom is -0.494 e. The van der Waals surface area contributed by atoms with Crippen molar-refractivity contribution in [3.63, 3.8) is 0 Å². The Balaban J connectivity index is 1.74. The van der Waals surface area contributed by atoms with Crippen LogP contribution in [0, 0.1) is 7.14 Å². The molecule has 7 heteroatoms. The van der Waals surface area contributed by atoms with Crippen LogP contribution in [0.1, 0.15) is 49.4 Å². The average Bonchev–Trinajstić information content (AvgIpc) is 2.76. The Kier molecular flexibility index (Phi) is 12.0. The zero-order chi connectivity index (χ0) is 23.4. The molecule has 0 bridgehead atoms. The fraction of sp³-hybridized carbons (Fsp3) is 0.440. The first kappa shape index (κ1) is 27.1. The van der Waals surface area contributed by atoms with Crippen LogP contribution < -0.4 is 25.9 Å². The second-order valence-electron chi connectivity index (χ2n) is 8.32. The minimum absolute atomic E-state index is 0.0150. The number of ether oxygens (including phenoxy) is 1. The normalized spacial score (nSPS) is 11.4. The molecule has 174 valence electrons. The molecule has 0 radical (unpaired) electrons. The number of ketones is 1. The van der Waals surface area contributed by atoms with E-state index in [1.807, 2.05) is 49.5 Å². The van der Waals surface area contributed by atoms with E-state index in [0.29, 0.717) is 11.3 Å². The number of carbonyl (C=O) groups is 2. The molecule has 0 amide bonds. The van der Waals surface area contributed by atoms with Crippen LogP contribution >= 0.6 is 11.8 Å². The predicted octanol–water partition coefficient (Wildman–Crippen LogP) is 2.80. The highest BCUT2D eigenvalue weighted by Gasteiger charge is 2.18. The Morgan fingerprint density at radius 3 is 2.19 bits per heavy atom. The lowest BCUT2D eigenvalue weighted by molar-refractivity contribution is -0.597. The van der Waals surface area contributed by atoms with Gasteiger partial charge in [-0.3, -0.25) is 9.59 Å². The van der Waals surface area contributed by atoms with Crippen molar-refractivity contribution in [2.45, 2.75) is 58.2 Å². The molecule has 32 heavy (non-hydrogen) atoms. The van der Waals surface area contributed by atoms with Crippen molar-refractivity contribution in [2.75, 3.05) is 12.4 Å². The van der Waals surface area contributed by atoms with Crippen LogP contribution in [-0.2, 0) is 4.79 Å². The number of halogens is 1. The van der Waals surface area contributed by atoms with Crippen molar-refractivity contribution < 1.29 is 40.3 Å². The molecule has 1 N–H and O–H groups in total. The Labute approximate surface area is 207 Å². The molecule has 0 aliphatic heterocycles. The Morgan fingerprint density at radius 2 is 1.59 bits per heavy atom. The molecule has 4 nitrogen and oxygen atoms in total. The van der Waals surface area contributed by atoms with E-state index in [0.717, 1.165) is 37.7 Å². The molecule has 0 fully saturated rings. The van der Waals surface area contributed by atoms with Gasteiger partial charge in [0.2, 0.25) is 0 Å². The molecule has 0 saturated carbocycles. The van der Waals surface area contributed by atoms with Gasteiger partial charge < -0.3 is 9.53 Å².